The van der Waals surface area contributed by atoms with Crippen LogP contribution in [0.3, 0.4) is 0 Å². The summed E-state index contributed by atoms with van der Waals surface area (Å²) in [5.41, 5.74) is 11.6. The molecule has 0 spiro atoms. The minimum atomic E-state index is 0.912. The van der Waals surface area contributed by atoms with Crippen molar-refractivity contribution in [1.29, 1.82) is 0 Å². The fourth-order valence-corrected chi connectivity index (χ4v) is 7.82. The van der Waals surface area contributed by atoms with Gasteiger partial charge in [0.05, 0.1) is 0 Å². The lowest BCUT2D eigenvalue weighted by Crippen LogP contribution is -1.91. The van der Waals surface area contributed by atoms with E-state index in [1.165, 1.54) is 82.2 Å². The van der Waals surface area contributed by atoms with Crippen LogP contribution >= 0.6 is 0 Å². The third-order valence-corrected chi connectivity index (χ3v) is 10.0. The molecular weight excluding hydrogens is 593 g/mol. The van der Waals surface area contributed by atoms with Crippen LogP contribution in [0, 0.1) is 0 Å². The van der Waals surface area contributed by atoms with Crippen LogP contribution in [0.1, 0.15) is 0 Å². The molecule has 0 N–H and O–H groups in total. The van der Waals surface area contributed by atoms with Crippen molar-refractivity contribution < 1.29 is 4.42 Å². The monoisotopic (exact) mass is 622 g/mol. The van der Waals surface area contributed by atoms with E-state index in [0.717, 1.165) is 16.6 Å². The van der Waals surface area contributed by atoms with E-state index in [9.17, 15) is 0 Å². The fourth-order valence-electron chi connectivity index (χ4n) is 7.82. The number of hydrogen-bond donors (Lipinski definition) is 0. The Kier molecular flexibility index (Phi) is 6.25. The Morgan fingerprint density at radius 3 is 1.37 bits per heavy atom. The highest BCUT2D eigenvalue weighted by Crippen LogP contribution is 2.45. The summed E-state index contributed by atoms with van der Waals surface area (Å²) in [5, 5.41) is 9.77. The van der Waals surface area contributed by atoms with Crippen LogP contribution in [-0.2, 0) is 0 Å². The summed E-state index contributed by atoms with van der Waals surface area (Å²) >= 11 is 0. The predicted octanol–water partition coefficient (Wildman–Crippen LogP) is 13.7. The van der Waals surface area contributed by atoms with E-state index < -0.39 is 0 Å². The van der Waals surface area contributed by atoms with Crippen LogP contribution < -0.4 is 0 Å². The summed E-state index contributed by atoms with van der Waals surface area (Å²) in [4.78, 5) is 0. The van der Waals surface area contributed by atoms with Gasteiger partial charge in [-0.15, -0.1) is 0 Å². The largest absolute Gasteiger partial charge is 0.456 e. The first-order valence-corrected chi connectivity index (χ1v) is 16.8. The lowest BCUT2D eigenvalue weighted by molar-refractivity contribution is 0.669. The number of benzene rings is 9. The first kappa shape index (κ1) is 27.7. The smallest absolute Gasteiger partial charge is 0.136 e. The lowest BCUT2D eigenvalue weighted by Gasteiger charge is -2.18. The Morgan fingerprint density at radius 1 is 0.265 bits per heavy atom. The lowest BCUT2D eigenvalue weighted by atomic mass is 9.85. The van der Waals surface area contributed by atoms with E-state index >= 15 is 0 Å². The molecule has 0 atom stereocenters. The van der Waals surface area contributed by atoms with Crippen molar-refractivity contribution >= 4 is 54.3 Å². The van der Waals surface area contributed by atoms with Crippen molar-refractivity contribution in [2.75, 3.05) is 0 Å². The molecule has 0 bridgehead atoms. The molecule has 0 saturated carbocycles. The first-order valence-electron chi connectivity index (χ1n) is 16.8. The van der Waals surface area contributed by atoms with Gasteiger partial charge in [-0.25, -0.2) is 0 Å². The average molecular weight is 623 g/mol. The van der Waals surface area contributed by atoms with Gasteiger partial charge in [0.15, 0.2) is 0 Å². The number of fused-ring (bicyclic) bond motifs is 7. The molecule has 1 heterocycles. The van der Waals surface area contributed by atoms with Crippen molar-refractivity contribution in [2.24, 2.45) is 0 Å². The van der Waals surface area contributed by atoms with Gasteiger partial charge in [-0.1, -0.05) is 152 Å². The second-order valence-corrected chi connectivity index (χ2v) is 12.8. The number of furan rings is 1. The highest BCUT2D eigenvalue weighted by atomic mass is 16.3. The normalized spacial score (nSPS) is 11.7. The van der Waals surface area contributed by atoms with Crippen LogP contribution in [0.15, 0.2) is 186 Å². The van der Waals surface area contributed by atoms with Gasteiger partial charge in [0.25, 0.3) is 0 Å². The predicted molar refractivity (Wildman–Crippen MR) is 208 cm³/mol. The van der Waals surface area contributed by atoms with Gasteiger partial charge in [0, 0.05) is 10.8 Å². The molecule has 49 heavy (non-hydrogen) atoms. The average Bonchev–Trinajstić information content (AvgIpc) is 3.56. The van der Waals surface area contributed by atoms with Crippen LogP contribution in [0.25, 0.3) is 98.8 Å². The second-order valence-electron chi connectivity index (χ2n) is 12.8. The molecule has 0 aliphatic heterocycles. The van der Waals surface area contributed by atoms with Gasteiger partial charge in [-0.2, -0.15) is 0 Å². The van der Waals surface area contributed by atoms with E-state index in [0.29, 0.717) is 0 Å². The van der Waals surface area contributed by atoms with Gasteiger partial charge in [0.2, 0.25) is 0 Å². The highest BCUT2D eigenvalue weighted by Gasteiger charge is 2.18. The van der Waals surface area contributed by atoms with Crippen LogP contribution in [-0.4, -0.2) is 0 Å². The van der Waals surface area contributed by atoms with Gasteiger partial charge in [-0.3, -0.25) is 0 Å². The van der Waals surface area contributed by atoms with E-state index in [4.69, 9.17) is 4.42 Å². The molecule has 1 nitrogen and oxygen atoms in total. The van der Waals surface area contributed by atoms with E-state index in [1.807, 2.05) is 0 Å². The Hall–Kier alpha value is -6.44. The summed E-state index contributed by atoms with van der Waals surface area (Å²) in [6, 6.07) is 65.8. The molecule has 0 amide bonds. The number of hydrogen-bond acceptors (Lipinski definition) is 1. The Morgan fingerprint density at radius 2 is 0.735 bits per heavy atom. The van der Waals surface area contributed by atoms with Crippen molar-refractivity contribution in [1.82, 2.24) is 0 Å². The zero-order valence-electron chi connectivity index (χ0n) is 26.7. The molecule has 9 aromatic carbocycles. The Balaban J connectivity index is 1.17. The van der Waals surface area contributed by atoms with Gasteiger partial charge in [0.1, 0.15) is 11.2 Å². The fraction of sp³-hybridized carbons (Fsp3) is 0. The molecule has 0 unspecified atom stereocenters. The standard InChI is InChI=1S/C48H30O/c1-2-12-31(13-3-1)33-15-10-17-36(28-33)46-39-20-6-8-22-41(39)47(42-23-9-7-21-40(42)46)37-18-11-16-34(29-37)35-25-26-44-43(30-35)48-38-19-5-4-14-32(38)24-27-45(48)49-44/h1-30H. The third kappa shape index (κ3) is 4.47. The molecule has 0 aliphatic rings. The zero-order chi connectivity index (χ0) is 32.3. The van der Waals surface area contributed by atoms with E-state index in [2.05, 4.69) is 182 Å². The van der Waals surface area contributed by atoms with Crippen molar-refractivity contribution in [3.05, 3.63) is 182 Å². The minimum absolute atomic E-state index is 0.912. The van der Waals surface area contributed by atoms with Crippen molar-refractivity contribution in [3.63, 3.8) is 0 Å². The number of rotatable bonds is 4. The van der Waals surface area contributed by atoms with Gasteiger partial charge in [-0.05, 0) is 107 Å². The van der Waals surface area contributed by atoms with Gasteiger partial charge >= 0.3 is 0 Å². The third-order valence-electron chi connectivity index (χ3n) is 10.0. The van der Waals surface area contributed by atoms with E-state index in [-0.39, 0.29) is 0 Å². The summed E-state index contributed by atoms with van der Waals surface area (Å²) < 4.78 is 6.32. The molecular formula is C48H30O. The molecule has 10 rings (SSSR count). The van der Waals surface area contributed by atoms with Crippen LogP contribution in [0.2, 0.25) is 0 Å². The molecule has 1 heteroatoms. The van der Waals surface area contributed by atoms with Gasteiger partial charge < -0.3 is 4.42 Å². The zero-order valence-corrected chi connectivity index (χ0v) is 26.7. The minimum Gasteiger partial charge on any atom is -0.456 e. The molecule has 0 aliphatic carbocycles. The maximum Gasteiger partial charge on any atom is 0.136 e. The Labute approximate surface area is 284 Å². The highest BCUT2D eigenvalue weighted by molar-refractivity contribution is 6.22. The quantitative estimate of drug-likeness (QED) is 0.178. The van der Waals surface area contributed by atoms with E-state index in [1.54, 1.807) is 0 Å². The SMILES string of the molecule is c1ccc(-c2cccc(-c3c4ccccc4c(-c4cccc(-c5ccc6oc7ccc8ccccc8c7c6c5)c4)c4ccccc34)c2)cc1. The second kappa shape index (κ2) is 11.1. The van der Waals surface area contributed by atoms with Crippen LogP contribution in [0.5, 0.6) is 0 Å². The Bertz CT molecular complexity index is 2820. The molecule has 0 saturated heterocycles. The van der Waals surface area contributed by atoms with Crippen molar-refractivity contribution in [2.45, 2.75) is 0 Å². The molecule has 0 fully saturated rings. The summed E-state index contributed by atoms with van der Waals surface area (Å²) in [5.74, 6) is 0. The molecule has 0 radical (unpaired) electrons. The molecule has 1 aromatic heterocycles. The maximum absolute atomic E-state index is 6.32. The first-order chi connectivity index (χ1) is 24.3. The van der Waals surface area contributed by atoms with Crippen LogP contribution in [0.4, 0.5) is 0 Å². The topological polar surface area (TPSA) is 13.1 Å². The van der Waals surface area contributed by atoms with Crippen molar-refractivity contribution in [3.8, 4) is 44.5 Å². The molecule has 10 aromatic rings. The maximum atomic E-state index is 6.32. The summed E-state index contributed by atoms with van der Waals surface area (Å²) in [6.45, 7) is 0. The summed E-state index contributed by atoms with van der Waals surface area (Å²) in [7, 11) is 0. The molecule has 228 valence electrons. The summed E-state index contributed by atoms with van der Waals surface area (Å²) in [6.07, 6.45) is 0.